The van der Waals surface area contributed by atoms with Crippen molar-refractivity contribution in [1.29, 1.82) is 0 Å². The fraction of sp³-hybridized carbons (Fsp3) is 0.706. The molecule has 1 aromatic heterocycles. The minimum absolute atomic E-state index is 0.589. The smallest absolute Gasteiger partial charge is 0.0420 e. The number of hydrogen-bond acceptors (Lipinski definition) is 2. The Hall–Kier alpha value is -0.410. The summed E-state index contributed by atoms with van der Waals surface area (Å²) in [6.45, 7) is 5.59. The highest BCUT2D eigenvalue weighted by Gasteiger charge is 2.26. The van der Waals surface area contributed by atoms with E-state index >= 15 is 0 Å². The number of aromatic nitrogens is 1. The Morgan fingerprint density at radius 3 is 2.55 bits per heavy atom. The van der Waals surface area contributed by atoms with Crippen molar-refractivity contribution in [2.24, 2.45) is 11.8 Å². The second kappa shape index (κ2) is 8.14. The van der Waals surface area contributed by atoms with Crippen molar-refractivity contribution in [2.75, 3.05) is 6.54 Å². The largest absolute Gasteiger partial charge is 0.314 e. The van der Waals surface area contributed by atoms with Crippen molar-refractivity contribution in [3.63, 3.8) is 0 Å². The number of nitrogens with zero attached hydrogens (tertiary/aromatic N) is 1. The maximum atomic E-state index is 4.54. The number of likely N-dealkylation sites (N-methyl/N-ethyl adjacent to an activating group) is 1. The Bertz CT molecular complexity index is 382. The van der Waals surface area contributed by atoms with Crippen LogP contribution in [0.1, 0.15) is 51.6 Å². The molecule has 20 heavy (non-hydrogen) atoms. The van der Waals surface area contributed by atoms with E-state index < -0.39 is 0 Å². The second-order valence-corrected chi connectivity index (χ2v) is 6.94. The van der Waals surface area contributed by atoms with Crippen molar-refractivity contribution in [2.45, 2.75) is 58.4 Å². The lowest BCUT2D eigenvalue weighted by Crippen LogP contribution is -2.39. The van der Waals surface area contributed by atoms with Gasteiger partial charge in [0.1, 0.15) is 0 Å². The third-order valence-corrected chi connectivity index (χ3v) is 5.19. The van der Waals surface area contributed by atoms with Gasteiger partial charge in [-0.15, -0.1) is 0 Å². The summed E-state index contributed by atoms with van der Waals surface area (Å²) >= 11 is 3.46. The summed E-state index contributed by atoms with van der Waals surface area (Å²) < 4.78 is 1.06. The molecule has 0 bridgehead atoms. The Labute approximate surface area is 131 Å². The molecule has 1 heterocycles. The molecule has 1 aliphatic carbocycles. The van der Waals surface area contributed by atoms with Crippen LogP contribution in [0.2, 0.25) is 0 Å². The maximum Gasteiger partial charge on any atom is 0.0420 e. The molecule has 1 N–H and O–H groups in total. The number of hydrogen-bond donors (Lipinski definition) is 1. The van der Waals surface area contributed by atoms with Gasteiger partial charge in [0, 0.05) is 28.8 Å². The summed E-state index contributed by atoms with van der Waals surface area (Å²) in [4.78, 5) is 4.54. The molecule has 0 aromatic carbocycles. The zero-order valence-electron chi connectivity index (χ0n) is 12.7. The van der Waals surface area contributed by atoms with Gasteiger partial charge in [0.25, 0.3) is 0 Å². The number of pyridine rings is 1. The van der Waals surface area contributed by atoms with Gasteiger partial charge < -0.3 is 5.32 Å². The SMILES string of the molecule is CCNC(Cc1ccc(Br)cn1)C1CCC(CC)CC1. The molecule has 1 atom stereocenters. The van der Waals surface area contributed by atoms with Gasteiger partial charge in [-0.1, -0.05) is 33.1 Å². The topological polar surface area (TPSA) is 24.9 Å². The molecule has 0 spiro atoms. The van der Waals surface area contributed by atoms with Gasteiger partial charge in [0.05, 0.1) is 0 Å². The molecular formula is C17H27BrN2. The van der Waals surface area contributed by atoms with Crippen LogP contribution in [0.25, 0.3) is 0 Å². The van der Waals surface area contributed by atoms with Crippen LogP contribution < -0.4 is 5.32 Å². The molecule has 0 saturated heterocycles. The molecule has 0 aliphatic heterocycles. The molecule has 2 nitrogen and oxygen atoms in total. The van der Waals surface area contributed by atoms with Gasteiger partial charge in [-0.2, -0.15) is 0 Å². The van der Waals surface area contributed by atoms with Gasteiger partial charge >= 0.3 is 0 Å². The van der Waals surface area contributed by atoms with Gasteiger partial charge in [-0.05, 0) is 59.3 Å². The lowest BCUT2D eigenvalue weighted by Gasteiger charge is -2.34. The summed E-state index contributed by atoms with van der Waals surface area (Å²) in [5.74, 6) is 1.79. The van der Waals surface area contributed by atoms with E-state index in [4.69, 9.17) is 0 Å². The van der Waals surface area contributed by atoms with Crippen LogP contribution in [-0.2, 0) is 6.42 Å². The first-order chi connectivity index (χ1) is 9.72. The predicted octanol–water partition coefficient (Wildman–Crippen LogP) is 4.58. The third-order valence-electron chi connectivity index (χ3n) is 4.72. The van der Waals surface area contributed by atoms with Crippen LogP contribution in [0.15, 0.2) is 22.8 Å². The second-order valence-electron chi connectivity index (χ2n) is 6.03. The van der Waals surface area contributed by atoms with E-state index in [1.807, 2.05) is 6.20 Å². The number of nitrogens with one attached hydrogen (secondary N) is 1. The van der Waals surface area contributed by atoms with E-state index in [2.05, 4.69) is 52.2 Å². The van der Waals surface area contributed by atoms with Crippen LogP contribution in [0.4, 0.5) is 0 Å². The lowest BCUT2D eigenvalue weighted by atomic mass is 9.76. The first-order valence-electron chi connectivity index (χ1n) is 8.06. The Morgan fingerprint density at radius 2 is 2.00 bits per heavy atom. The van der Waals surface area contributed by atoms with Crippen LogP contribution in [-0.4, -0.2) is 17.6 Å². The standard InChI is InChI=1S/C17H27BrN2/c1-3-13-5-7-14(8-6-13)17(19-4-2)11-16-10-9-15(18)12-20-16/h9-10,12-14,17,19H,3-8,11H2,1-2H3. The van der Waals surface area contributed by atoms with Crippen LogP contribution in [0, 0.1) is 11.8 Å². The van der Waals surface area contributed by atoms with Crippen molar-refractivity contribution in [1.82, 2.24) is 10.3 Å². The minimum atomic E-state index is 0.589. The molecule has 3 heteroatoms. The summed E-state index contributed by atoms with van der Waals surface area (Å²) in [6, 6.07) is 4.83. The zero-order valence-corrected chi connectivity index (χ0v) is 14.3. The molecule has 0 radical (unpaired) electrons. The Kier molecular flexibility index (Phi) is 6.50. The number of rotatable bonds is 6. The summed E-state index contributed by atoms with van der Waals surface area (Å²) in [5.41, 5.74) is 1.21. The molecule has 1 aliphatic rings. The molecule has 1 unspecified atom stereocenters. The Morgan fingerprint density at radius 1 is 1.25 bits per heavy atom. The predicted molar refractivity (Wildman–Crippen MR) is 88.8 cm³/mol. The molecule has 1 saturated carbocycles. The first-order valence-corrected chi connectivity index (χ1v) is 8.86. The highest BCUT2D eigenvalue weighted by atomic mass is 79.9. The molecule has 2 rings (SSSR count). The van der Waals surface area contributed by atoms with Crippen LogP contribution >= 0.6 is 15.9 Å². The summed E-state index contributed by atoms with van der Waals surface area (Å²) in [6.07, 6.45) is 9.91. The van der Waals surface area contributed by atoms with Crippen molar-refractivity contribution >= 4 is 15.9 Å². The maximum absolute atomic E-state index is 4.54. The first kappa shape index (κ1) is 16.0. The fourth-order valence-corrected chi connectivity index (χ4v) is 3.65. The minimum Gasteiger partial charge on any atom is -0.314 e. The lowest BCUT2D eigenvalue weighted by molar-refractivity contribution is 0.217. The highest BCUT2D eigenvalue weighted by molar-refractivity contribution is 9.10. The fourth-order valence-electron chi connectivity index (χ4n) is 3.42. The molecule has 1 fully saturated rings. The quantitative estimate of drug-likeness (QED) is 0.820. The Balaban J connectivity index is 1.94. The average Bonchev–Trinajstić information content (AvgIpc) is 2.49. The molecule has 0 amide bonds. The highest BCUT2D eigenvalue weighted by Crippen LogP contribution is 2.33. The summed E-state index contributed by atoms with van der Waals surface area (Å²) in [5, 5.41) is 3.70. The molecule has 1 aromatic rings. The van der Waals surface area contributed by atoms with E-state index in [9.17, 15) is 0 Å². The molecule has 112 valence electrons. The van der Waals surface area contributed by atoms with E-state index in [1.54, 1.807) is 0 Å². The van der Waals surface area contributed by atoms with E-state index in [-0.39, 0.29) is 0 Å². The molecular weight excluding hydrogens is 312 g/mol. The van der Waals surface area contributed by atoms with Crippen LogP contribution in [0.3, 0.4) is 0 Å². The normalized spacial score (nSPS) is 24.6. The van der Waals surface area contributed by atoms with Crippen LogP contribution in [0.5, 0.6) is 0 Å². The van der Waals surface area contributed by atoms with Crippen molar-refractivity contribution < 1.29 is 0 Å². The van der Waals surface area contributed by atoms with Gasteiger partial charge in [-0.3, -0.25) is 4.98 Å². The van der Waals surface area contributed by atoms with E-state index in [1.165, 1.54) is 37.8 Å². The van der Waals surface area contributed by atoms with E-state index in [0.29, 0.717) is 6.04 Å². The van der Waals surface area contributed by atoms with E-state index in [0.717, 1.165) is 29.3 Å². The monoisotopic (exact) mass is 338 g/mol. The van der Waals surface area contributed by atoms with Gasteiger partial charge in [0.15, 0.2) is 0 Å². The number of halogens is 1. The third kappa shape index (κ3) is 4.56. The summed E-state index contributed by atoms with van der Waals surface area (Å²) in [7, 11) is 0. The van der Waals surface area contributed by atoms with Crippen molar-refractivity contribution in [3.05, 3.63) is 28.5 Å². The van der Waals surface area contributed by atoms with Gasteiger partial charge in [0.2, 0.25) is 0 Å². The van der Waals surface area contributed by atoms with Gasteiger partial charge in [-0.25, -0.2) is 0 Å². The van der Waals surface area contributed by atoms with Crippen molar-refractivity contribution in [3.8, 4) is 0 Å². The average molecular weight is 339 g/mol. The zero-order chi connectivity index (χ0) is 14.4.